The van der Waals surface area contributed by atoms with E-state index in [0.717, 1.165) is 57.4 Å². The van der Waals surface area contributed by atoms with Gasteiger partial charge in [-0.3, -0.25) is 14.5 Å². The minimum absolute atomic E-state index is 0.0221. The maximum atomic E-state index is 12.9. The molecule has 4 heterocycles. The Morgan fingerprint density at radius 1 is 0.796 bits per heavy atom. The van der Waals surface area contributed by atoms with E-state index in [1.165, 1.54) is 58.0 Å². The number of methoxy groups -OCH3 is 2. The normalized spacial score (nSPS) is 16.0. The number of pyridine rings is 2. The molecule has 2 aliphatic rings. The van der Waals surface area contributed by atoms with Crippen LogP contribution in [-0.4, -0.2) is 101 Å². The highest BCUT2D eigenvalue weighted by Gasteiger charge is 2.37. The Kier molecular flexibility index (Phi) is 13.6. The summed E-state index contributed by atoms with van der Waals surface area (Å²) in [6, 6.07) is 11.1. The third-order valence-electron chi connectivity index (χ3n) is 8.22. The fraction of sp³-hybridized carbons (Fsp3) is 0.515. The molecular weight excluding hydrogens is 665 g/mol. The number of likely N-dealkylation sites (tertiary alicyclic amines) is 2. The summed E-state index contributed by atoms with van der Waals surface area (Å²) in [4.78, 5) is 12.9. The summed E-state index contributed by atoms with van der Waals surface area (Å²) >= 11 is 0. The van der Waals surface area contributed by atoms with Gasteiger partial charge in [-0.2, -0.15) is 23.1 Å². The molecule has 16 heteroatoms. The van der Waals surface area contributed by atoms with Crippen LogP contribution in [0.2, 0.25) is 0 Å². The molecule has 270 valence electrons. The topological polar surface area (TPSA) is 141 Å². The van der Waals surface area contributed by atoms with Crippen LogP contribution in [0.1, 0.15) is 44.1 Å². The van der Waals surface area contributed by atoms with Crippen LogP contribution in [-0.2, 0) is 10.0 Å². The molecule has 2 saturated heterocycles. The van der Waals surface area contributed by atoms with Gasteiger partial charge in [0.25, 0.3) is 10.0 Å². The molecule has 12 nitrogen and oxygen atoms in total. The van der Waals surface area contributed by atoms with Crippen LogP contribution in [0, 0.1) is 0 Å². The lowest BCUT2D eigenvalue weighted by Gasteiger charge is -2.17. The molecule has 0 aliphatic carbocycles. The van der Waals surface area contributed by atoms with Gasteiger partial charge >= 0.3 is 6.18 Å². The van der Waals surface area contributed by atoms with E-state index in [1.807, 2.05) is 0 Å². The fourth-order valence-corrected chi connectivity index (χ4v) is 6.37. The lowest BCUT2D eigenvalue weighted by molar-refractivity contribution is -0.146. The van der Waals surface area contributed by atoms with E-state index in [1.54, 1.807) is 19.2 Å². The molecule has 2 aromatic heterocycles. The van der Waals surface area contributed by atoms with E-state index in [4.69, 9.17) is 24.7 Å². The average molecular weight is 711 g/mol. The van der Waals surface area contributed by atoms with Gasteiger partial charge in [0.15, 0.2) is 0 Å². The Bertz CT molecular complexity index is 1580. The molecular formula is C33H45F3N6O6S. The van der Waals surface area contributed by atoms with Crippen LogP contribution in [0.5, 0.6) is 23.5 Å². The number of alkyl halides is 3. The Hall–Kier alpha value is -4.02. The lowest BCUT2D eigenvalue weighted by Crippen LogP contribution is -2.25. The van der Waals surface area contributed by atoms with Crippen LogP contribution in [0.3, 0.4) is 0 Å². The van der Waals surface area contributed by atoms with Crippen LogP contribution in [0.4, 0.5) is 24.5 Å². The average Bonchev–Trinajstić information content (AvgIpc) is 3.81. The predicted octanol–water partition coefficient (Wildman–Crippen LogP) is 5.18. The maximum absolute atomic E-state index is 12.9. The van der Waals surface area contributed by atoms with E-state index in [9.17, 15) is 21.6 Å². The number of sulfonamides is 1. The van der Waals surface area contributed by atoms with Crippen molar-refractivity contribution < 1.29 is 40.5 Å². The molecule has 5 rings (SSSR count). The van der Waals surface area contributed by atoms with Crippen molar-refractivity contribution in [2.24, 2.45) is 0 Å². The second-order valence-corrected chi connectivity index (χ2v) is 13.4. The molecule has 0 spiro atoms. The van der Waals surface area contributed by atoms with Crippen molar-refractivity contribution in [3.63, 3.8) is 0 Å². The summed E-state index contributed by atoms with van der Waals surface area (Å²) in [7, 11) is -1.17. The second-order valence-electron chi connectivity index (χ2n) is 11.7. The van der Waals surface area contributed by atoms with E-state index >= 15 is 0 Å². The number of aromatic nitrogens is 2. The van der Waals surface area contributed by atoms with Crippen molar-refractivity contribution >= 4 is 21.4 Å². The van der Waals surface area contributed by atoms with Gasteiger partial charge in [-0.1, -0.05) is 12.1 Å². The monoisotopic (exact) mass is 710 g/mol. The Labute approximate surface area is 285 Å². The number of halogens is 3. The first-order valence-corrected chi connectivity index (χ1v) is 17.6. The van der Waals surface area contributed by atoms with Gasteiger partial charge in [-0.15, -0.1) is 0 Å². The molecule has 1 unspecified atom stereocenters. The largest absolute Gasteiger partial charge is 0.479 e. The summed E-state index contributed by atoms with van der Waals surface area (Å²) in [5, 5.41) is 0. The summed E-state index contributed by atoms with van der Waals surface area (Å²) in [5.41, 5.74) is 6.27. The van der Waals surface area contributed by atoms with Gasteiger partial charge in [0.2, 0.25) is 23.5 Å². The number of hydrogen-bond acceptors (Lipinski definition) is 11. The number of nitrogens with zero attached hydrogens (tertiary/aromatic N) is 4. The molecule has 2 fully saturated rings. The molecule has 1 aromatic carbocycles. The zero-order chi connectivity index (χ0) is 35.4. The van der Waals surface area contributed by atoms with E-state index in [2.05, 4.69) is 24.5 Å². The van der Waals surface area contributed by atoms with Gasteiger partial charge < -0.3 is 24.7 Å². The molecule has 0 amide bonds. The lowest BCUT2D eigenvalue weighted by atomic mass is 10.0. The first-order chi connectivity index (χ1) is 23.4. The standard InChI is InChI=1S/C21H26F3N3O4S.C12H19N3O2/c1-15(21(22,23)24)16-5-7-17(8-6-16)32(28,29)26-18-9-10-19(25-20(18)30-2)31-14-13-27-11-3-4-12-27;1-16-12-10(13)4-5-11(14-12)17-9-8-15-6-2-3-7-15/h5-10,15,26H,3-4,11-14H2,1-2H3;4-5H,2-3,6-9,13H2,1H3. The minimum atomic E-state index is -4.41. The summed E-state index contributed by atoms with van der Waals surface area (Å²) in [6.07, 6.45) is 0.563. The second kappa shape index (κ2) is 17.6. The Balaban J connectivity index is 0.000000266. The molecule has 2 aliphatic heterocycles. The Morgan fingerprint density at radius 2 is 1.29 bits per heavy atom. The highest BCUT2D eigenvalue weighted by Crippen LogP contribution is 2.35. The third kappa shape index (κ3) is 11.3. The van der Waals surface area contributed by atoms with E-state index in [0.29, 0.717) is 36.5 Å². The van der Waals surface area contributed by atoms with Crippen molar-refractivity contribution in [2.75, 3.05) is 77.2 Å². The van der Waals surface area contributed by atoms with E-state index in [-0.39, 0.29) is 22.0 Å². The number of nitrogen functional groups attached to an aromatic ring is 1. The van der Waals surface area contributed by atoms with Crippen molar-refractivity contribution in [1.82, 2.24) is 19.8 Å². The number of benzene rings is 1. The summed E-state index contributed by atoms with van der Waals surface area (Å²) in [5.74, 6) is -0.391. The quantitative estimate of drug-likeness (QED) is 0.229. The summed E-state index contributed by atoms with van der Waals surface area (Å²) < 4.78 is 87.8. The number of nitrogens with one attached hydrogen (secondary N) is 1. The van der Waals surface area contributed by atoms with Crippen molar-refractivity contribution in [3.05, 3.63) is 54.1 Å². The maximum Gasteiger partial charge on any atom is 0.395 e. The highest BCUT2D eigenvalue weighted by molar-refractivity contribution is 7.92. The third-order valence-corrected chi connectivity index (χ3v) is 9.60. The smallest absolute Gasteiger partial charge is 0.395 e. The highest BCUT2D eigenvalue weighted by atomic mass is 32.2. The van der Waals surface area contributed by atoms with Crippen molar-refractivity contribution in [3.8, 4) is 23.5 Å². The molecule has 49 heavy (non-hydrogen) atoms. The van der Waals surface area contributed by atoms with Gasteiger partial charge in [0, 0.05) is 25.2 Å². The number of rotatable bonds is 14. The van der Waals surface area contributed by atoms with Gasteiger partial charge in [0.05, 0.1) is 30.7 Å². The van der Waals surface area contributed by atoms with Crippen molar-refractivity contribution in [2.45, 2.75) is 49.6 Å². The predicted molar refractivity (Wildman–Crippen MR) is 180 cm³/mol. The van der Waals surface area contributed by atoms with Gasteiger partial charge in [-0.25, -0.2) is 8.42 Å². The van der Waals surface area contributed by atoms with Crippen LogP contribution in [0.25, 0.3) is 0 Å². The van der Waals surface area contributed by atoms with E-state index < -0.39 is 22.1 Å². The van der Waals surface area contributed by atoms with Gasteiger partial charge in [-0.05, 0) is 88.6 Å². The fourth-order valence-electron chi connectivity index (χ4n) is 5.31. The van der Waals surface area contributed by atoms with Gasteiger partial charge in [0.1, 0.15) is 18.9 Å². The van der Waals surface area contributed by atoms with Crippen LogP contribution >= 0.6 is 0 Å². The number of anilines is 2. The molecule has 0 radical (unpaired) electrons. The zero-order valence-electron chi connectivity index (χ0n) is 28.0. The SMILES string of the molecule is COc1nc(OCCN2CCCC2)ccc1N.COc1nc(OCCN2CCCC2)ccc1NS(=O)(=O)c1ccc(C(C)C(F)(F)F)cc1. The molecule has 1 atom stereocenters. The first-order valence-electron chi connectivity index (χ1n) is 16.1. The molecule has 0 saturated carbocycles. The van der Waals surface area contributed by atoms with Crippen LogP contribution < -0.4 is 29.4 Å². The van der Waals surface area contributed by atoms with Crippen molar-refractivity contribution in [1.29, 1.82) is 0 Å². The zero-order valence-corrected chi connectivity index (χ0v) is 28.9. The first kappa shape index (κ1) is 37.8. The number of nitrogens with two attached hydrogens (primary N) is 1. The Morgan fingerprint density at radius 3 is 1.78 bits per heavy atom. The minimum Gasteiger partial charge on any atom is -0.479 e. The molecule has 3 N–H and O–H groups in total. The van der Waals surface area contributed by atoms with Crippen LogP contribution in [0.15, 0.2) is 53.4 Å². The number of hydrogen-bond donors (Lipinski definition) is 2. The number of ether oxygens (including phenoxy) is 4. The molecule has 3 aromatic rings. The summed E-state index contributed by atoms with van der Waals surface area (Å²) in [6.45, 7) is 8.32. The molecule has 0 bridgehead atoms.